The summed E-state index contributed by atoms with van der Waals surface area (Å²) in [4.78, 5) is 10.4. The minimum Gasteiger partial charge on any atom is -0.481 e. The first kappa shape index (κ1) is 25.3. The molecule has 1 heterocycles. The van der Waals surface area contributed by atoms with Crippen LogP contribution in [0.4, 0.5) is 0 Å². The molecule has 0 aromatic heterocycles. The lowest BCUT2D eigenvalue weighted by atomic mass is 10.0. The third kappa shape index (κ3) is 12.0. The monoisotopic (exact) mass is 404 g/mol. The topological polar surface area (TPSA) is 116 Å². The summed E-state index contributed by atoms with van der Waals surface area (Å²) in [7, 11) is 0. The van der Waals surface area contributed by atoms with E-state index in [1.807, 2.05) is 0 Å². The van der Waals surface area contributed by atoms with E-state index in [4.69, 9.17) is 14.6 Å². The van der Waals surface area contributed by atoms with Crippen molar-refractivity contribution in [3.63, 3.8) is 0 Å². The van der Waals surface area contributed by atoms with Crippen LogP contribution >= 0.6 is 0 Å². The molecule has 7 nitrogen and oxygen atoms in total. The van der Waals surface area contributed by atoms with Crippen LogP contribution in [-0.4, -0.2) is 63.7 Å². The number of aliphatic hydroxyl groups is 3. The van der Waals surface area contributed by atoms with Gasteiger partial charge in [0.05, 0.1) is 24.7 Å². The molecule has 1 fully saturated rings. The predicted octanol–water partition coefficient (Wildman–Crippen LogP) is 2.99. The Morgan fingerprint density at radius 3 is 2.07 bits per heavy atom. The zero-order valence-electron chi connectivity index (χ0n) is 17.3. The second-order valence-electron chi connectivity index (χ2n) is 8.03. The van der Waals surface area contributed by atoms with Crippen molar-refractivity contribution >= 4 is 5.97 Å². The highest BCUT2D eigenvalue weighted by molar-refractivity contribution is 5.67. The van der Waals surface area contributed by atoms with Crippen molar-refractivity contribution in [3.8, 4) is 0 Å². The van der Waals surface area contributed by atoms with Gasteiger partial charge in [-0.3, -0.25) is 4.79 Å². The van der Waals surface area contributed by atoms with Crippen molar-refractivity contribution in [2.45, 2.75) is 121 Å². The van der Waals surface area contributed by atoms with Crippen LogP contribution in [0.15, 0.2) is 0 Å². The Morgan fingerprint density at radius 1 is 0.964 bits per heavy atom. The van der Waals surface area contributed by atoms with Crippen LogP contribution in [0, 0.1) is 0 Å². The molecular formula is C21H40O7. The highest BCUT2D eigenvalue weighted by atomic mass is 16.7. The molecule has 1 rings (SSSR count). The molecule has 0 aromatic rings. The Hall–Kier alpha value is -0.730. The Balaban J connectivity index is 1.83. The van der Waals surface area contributed by atoms with Gasteiger partial charge in [-0.05, 0) is 19.8 Å². The van der Waals surface area contributed by atoms with Crippen LogP contribution in [0.1, 0.15) is 90.4 Å². The zero-order chi connectivity index (χ0) is 20.8. The number of aliphatic carboxylic acids is 1. The average Bonchev–Trinajstić information content (AvgIpc) is 2.62. The number of ether oxygens (including phenoxy) is 2. The normalized spacial score (nSPS) is 26.3. The van der Waals surface area contributed by atoms with E-state index in [2.05, 4.69) is 0 Å². The molecule has 4 N–H and O–H groups in total. The van der Waals surface area contributed by atoms with Crippen molar-refractivity contribution in [1.82, 2.24) is 0 Å². The number of carboxylic acids is 1. The van der Waals surface area contributed by atoms with Crippen molar-refractivity contribution in [2.24, 2.45) is 0 Å². The van der Waals surface area contributed by atoms with E-state index < -0.39 is 30.6 Å². The molecule has 166 valence electrons. The second-order valence-corrected chi connectivity index (χ2v) is 8.03. The lowest BCUT2D eigenvalue weighted by Gasteiger charge is -2.35. The van der Waals surface area contributed by atoms with Gasteiger partial charge in [-0.1, -0.05) is 57.8 Å². The standard InChI is InChI=1S/C21H40O7/c1-16-18(23)15-19(24)21(28-16)27-13-11-9-7-5-3-2-4-6-8-10-12-17(22)14-20(25)26/h16-19,21-24H,2-15H2,1H3,(H,25,26). The summed E-state index contributed by atoms with van der Waals surface area (Å²) in [6.45, 7) is 2.36. The summed E-state index contributed by atoms with van der Waals surface area (Å²) in [5.41, 5.74) is 0. The SMILES string of the molecule is CC1OC(OCCCCCCCCCCCCC(O)CC(=O)O)C(O)CC1O. The van der Waals surface area contributed by atoms with Crippen LogP contribution in [0.2, 0.25) is 0 Å². The molecule has 1 saturated heterocycles. The van der Waals surface area contributed by atoms with Crippen molar-refractivity contribution < 1.29 is 34.7 Å². The minimum atomic E-state index is -0.937. The summed E-state index contributed by atoms with van der Waals surface area (Å²) >= 11 is 0. The molecule has 7 heteroatoms. The third-order valence-electron chi connectivity index (χ3n) is 5.31. The largest absolute Gasteiger partial charge is 0.481 e. The van der Waals surface area contributed by atoms with E-state index in [0.29, 0.717) is 19.4 Å². The predicted molar refractivity (Wildman–Crippen MR) is 106 cm³/mol. The van der Waals surface area contributed by atoms with Crippen LogP contribution < -0.4 is 0 Å². The Morgan fingerprint density at radius 2 is 1.50 bits per heavy atom. The van der Waals surface area contributed by atoms with Crippen molar-refractivity contribution in [3.05, 3.63) is 0 Å². The minimum absolute atomic E-state index is 0.151. The molecule has 5 unspecified atom stereocenters. The van der Waals surface area contributed by atoms with Gasteiger partial charge in [0, 0.05) is 13.0 Å². The number of hydrogen-bond acceptors (Lipinski definition) is 6. The number of hydrogen-bond donors (Lipinski definition) is 4. The van der Waals surface area contributed by atoms with Gasteiger partial charge >= 0.3 is 5.97 Å². The maximum absolute atomic E-state index is 10.4. The van der Waals surface area contributed by atoms with Gasteiger partial charge in [0.25, 0.3) is 0 Å². The molecule has 0 aromatic carbocycles. The first-order valence-corrected chi connectivity index (χ1v) is 10.9. The van der Waals surface area contributed by atoms with Gasteiger partial charge in [-0.2, -0.15) is 0 Å². The fourth-order valence-corrected chi connectivity index (χ4v) is 3.49. The molecule has 28 heavy (non-hydrogen) atoms. The van der Waals surface area contributed by atoms with Crippen LogP contribution in [-0.2, 0) is 14.3 Å². The van der Waals surface area contributed by atoms with Gasteiger partial charge in [-0.15, -0.1) is 0 Å². The Labute approximate surface area is 169 Å². The number of carbonyl (C=O) groups is 1. The molecule has 0 spiro atoms. The number of rotatable bonds is 16. The molecular weight excluding hydrogens is 364 g/mol. The van der Waals surface area contributed by atoms with Gasteiger partial charge in [0.15, 0.2) is 6.29 Å². The first-order valence-electron chi connectivity index (χ1n) is 10.9. The third-order valence-corrected chi connectivity index (χ3v) is 5.31. The molecule has 5 atom stereocenters. The van der Waals surface area contributed by atoms with Crippen LogP contribution in [0.5, 0.6) is 0 Å². The summed E-state index contributed by atoms with van der Waals surface area (Å²) < 4.78 is 11.1. The van der Waals surface area contributed by atoms with E-state index in [0.717, 1.165) is 32.1 Å². The van der Waals surface area contributed by atoms with Gasteiger partial charge in [0.1, 0.15) is 6.10 Å². The summed E-state index contributed by atoms with van der Waals surface area (Å²) in [5.74, 6) is -0.937. The van der Waals surface area contributed by atoms with E-state index in [1.54, 1.807) is 6.92 Å². The van der Waals surface area contributed by atoms with E-state index in [9.17, 15) is 20.1 Å². The maximum Gasteiger partial charge on any atom is 0.305 e. The molecule has 0 amide bonds. The Kier molecular flexibility index (Phi) is 13.7. The van der Waals surface area contributed by atoms with Gasteiger partial charge in [-0.25, -0.2) is 0 Å². The lowest BCUT2D eigenvalue weighted by molar-refractivity contribution is -0.261. The van der Waals surface area contributed by atoms with Crippen LogP contribution in [0.3, 0.4) is 0 Å². The quantitative estimate of drug-likeness (QED) is 0.292. The van der Waals surface area contributed by atoms with Crippen molar-refractivity contribution in [2.75, 3.05) is 6.61 Å². The molecule has 0 aliphatic carbocycles. The first-order chi connectivity index (χ1) is 13.4. The molecule has 0 bridgehead atoms. The number of unbranched alkanes of at least 4 members (excludes halogenated alkanes) is 9. The zero-order valence-corrected chi connectivity index (χ0v) is 17.3. The number of aliphatic hydroxyl groups excluding tert-OH is 3. The smallest absolute Gasteiger partial charge is 0.305 e. The highest BCUT2D eigenvalue weighted by Gasteiger charge is 2.34. The Bertz CT molecular complexity index is 404. The molecule has 1 aliphatic rings. The summed E-state index contributed by atoms with van der Waals surface area (Å²) in [6, 6.07) is 0. The highest BCUT2D eigenvalue weighted by Crippen LogP contribution is 2.21. The summed E-state index contributed by atoms with van der Waals surface area (Å²) in [5, 5.41) is 37.5. The van der Waals surface area contributed by atoms with Gasteiger partial charge in [0.2, 0.25) is 0 Å². The van der Waals surface area contributed by atoms with Gasteiger partial charge < -0.3 is 29.9 Å². The van der Waals surface area contributed by atoms with Crippen molar-refractivity contribution in [1.29, 1.82) is 0 Å². The fourth-order valence-electron chi connectivity index (χ4n) is 3.49. The lowest BCUT2D eigenvalue weighted by Crippen LogP contribution is -2.47. The molecule has 0 saturated carbocycles. The molecule has 0 radical (unpaired) electrons. The maximum atomic E-state index is 10.4. The van der Waals surface area contributed by atoms with E-state index in [1.165, 1.54) is 32.1 Å². The fraction of sp³-hybridized carbons (Fsp3) is 0.952. The number of carboxylic acid groups (broad SMARTS) is 1. The molecule has 1 aliphatic heterocycles. The summed E-state index contributed by atoms with van der Waals surface area (Å²) in [6.07, 6.45) is 8.88. The van der Waals surface area contributed by atoms with E-state index in [-0.39, 0.29) is 12.5 Å². The van der Waals surface area contributed by atoms with Crippen LogP contribution in [0.25, 0.3) is 0 Å². The average molecular weight is 405 g/mol. The second kappa shape index (κ2) is 15.2. The van der Waals surface area contributed by atoms with E-state index >= 15 is 0 Å².